The Balaban J connectivity index is 3.23. The molecule has 0 aliphatic rings. The molecule has 0 rings (SSSR count). The molecule has 2 atom stereocenters. The van der Waals surface area contributed by atoms with E-state index in [0.717, 1.165) is 12.3 Å². The third-order valence-corrected chi connectivity index (χ3v) is 4.36. The van der Waals surface area contributed by atoms with Gasteiger partial charge >= 0.3 is 0 Å². The summed E-state index contributed by atoms with van der Waals surface area (Å²) in [7, 11) is 0. The molecule has 0 aromatic carbocycles. The van der Waals surface area contributed by atoms with Crippen LogP contribution in [-0.2, 0) is 0 Å². The van der Waals surface area contributed by atoms with Gasteiger partial charge < -0.3 is 5.11 Å². The van der Waals surface area contributed by atoms with E-state index >= 15 is 0 Å². The van der Waals surface area contributed by atoms with Crippen LogP contribution in [0.1, 0.15) is 97.3 Å². The van der Waals surface area contributed by atoms with E-state index in [1.807, 2.05) is 6.08 Å². The zero-order valence-electron chi connectivity index (χ0n) is 15.0. The molecule has 128 valence electrons. The van der Waals surface area contributed by atoms with E-state index < -0.39 is 6.10 Å². The van der Waals surface area contributed by atoms with E-state index in [-0.39, 0.29) is 0 Å². The first-order chi connectivity index (χ1) is 10.7. The summed E-state index contributed by atoms with van der Waals surface area (Å²) < 4.78 is 0. The highest BCUT2D eigenvalue weighted by molar-refractivity contribution is 5.05. The highest BCUT2D eigenvalue weighted by Crippen LogP contribution is 2.18. The van der Waals surface area contributed by atoms with Crippen LogP contribution in [0.15, 0.2) is 12.2 Å². The van der Waals surface area contributed by atoms with Gasteiger partial charge in [-0.15, -0.1) is 6.42 Å². The zero-order chi connectivity index (χ0) is 16.5. The molecule has 0 fully saturated rings. The Bertz CT molecular complexity index is 287. The molecule has 0 saturated heterocycles. The van der Waals surface area contributed by atoms with Gasteiger partial charge in [0.15, 0.2) is 0 Å². The van der Waals surface area contributed by atoms with Crippen molar-refractivity contribution in [2.24, 2.45) is 5.92 Å². The minimum atomic E-state index is -0.705. The van der Waals surface area contributed by atoms with E-state index in [0.29, 0.717) is 0 Å². The maximum atomic E-state index is 9.16. The van der Waals surface area contributed by atoms with E-state index in [4.69, 9.17) is 11.5 Å². The summed E-state index contributed by atoms with van der Waals surface area (Å²) in [5.74, 6) is 3.21. The van der Waals surface area contributed by atoms with Crippen LogP contribution < -0.4 is 0 Å². The number of rotatable bonds is 15. The molecule has 22 heavy (non-hydrogen) atoms. The summed E-state index contributed by atoms with van der Waals surface area (Å²) in [6.45, 7) is 4.70. The first kappa shape index (κ1) is 21.3. The van der Waals surface area contributed by atoms with Crippen molar-refractivity contribution in [3.8, 4) is 12.3 Å². The maximum Gasteiger partial charge on any atom is 0.133 e. The number of terminal acetylenes is 1. The second-order valence-corrected chi connectivity index (χ2v) is 6.69. The monoisotopic (exact) mass is 306 g/mol. The Hall–Kier alpha value is -0.740. The van der Waals surface area contributed by atoms with Crippen LogP contribution in [0.3, 0.4) is 0 Å². The molecule has 1 N–H and O–H groups in total. The van der Waals surface area contributed by atoms with E-state index in [1.54, 1.807) is 6.08 Å². The number of unbranched alkanes of at least 4 members (excludes halogenated alkanes) is 9. The van der Waals surface area contributed by atoms with Crippen LogP contribution in [0.5, 0.6) is 0 Å². The van der Waals surface area contributed by atoms with Gasteiger partial charge in [-0.3, -0.25) is 0 Å². The SMILES string of the molecule is C#C[C@H](O)/C=C/CCCCCCCCC(C)CCCCCC. The number of hydrogen-bond donors (Lipinski definition) is 1. The van der Waals surface area contributed by atoms with Gasteiger partial charge in [0.1, 0.15) is 6.10 Å². The summed E-state index contributed by atoms with van der Waals surface area (Å²) >= 11 is 0. The fourth-order valence-electron chi connectivity index (χ4n) is 2.81. The Morgan fingerprint density at radius 1 is 0.909 bits per heavy atom. The third-order valence-electron chi connectivity index (χ3n) is 4.36. The summed E-state index contributed by atoms with van der Waals surface area (Å²) in [6.07, 6.45) is 25.6. The molecule has 0 radical (unpaired) electrons. The number of allylic oxidation sites excluding steroid dienone is 1. The lowest BCUT2D eigenvalue weighted by Gasteiger charge is -2.10. The van der Waals surface area contributed by atoms with Crippen molar-refractivity contribution in [2.45, 2.75) is 103 Å². The van der Waals surface area contributed by atoms with Crippen molar-refractivity contribution in [1.82, 2.24) is 0 Å². The van der Waals surface area contributed by atoms with Gasteiger partial charge in [-0.25, -0.2) is 0 Å². The van der Waals surface area contributed by atoms with Gasteiger partial charge in [0.25, 0.3) is 0 Å². The standard InChI is InChI=1S/C21H38O/c1-4-6-7-14-17-20(3)18-15-12-10-8-9-11-13-16-19-21(22)5-2/h2,16,19-22H,4,6-15,17-18H2,1,3H3/b19-16+/t20?,21-/m0/s1. The number of aliphatic hydroxyl groups is 1. The molecule has 0 heterocycles. The fourth-order valence-corrected chi connectivity index (χ4v) is 2.81. The molecular formula is C21H38O. The van der Waals surface area contributed by atoms with Gasteiger partial charge in [-0.05, 0) is 24.8 Å². The van der Waals surface area contributed by atoms with Crippen LogP contribution in [0, 0.1) is 18.3 Å². The minimum absolute atomic E-state index is 0.705. The smallest absolute Gasteiger partial charge is 0.133 e. The molecule has 0 bridgehead atoms. The topological polar surface area (TPSA) is 20.2 Å². The molecular weight excluding hydrogens is 268 g/mol. The summed E-state index contributed by atoms with van der Waals surface area (Å²) in [4.78, 5) is 0. The highest BCUT2D eigenvalue weighted by atomic mass is 16.3. The summed E-state index contributed by atoms with van der Waals surface area (Å²) in [6, 6.07) is 0. The second kappa shape index (κ2) is 16.6. The van der Waals surface area contributed by atoms with E-state index in [2.05, 4.69) is 19.8 Å². The zero-order valence-corrected chi connectivity index (χ0v) is 15.0. The first-order valence-corrected chi connectivity index (χ1v) is 9.51. The lowest BCUT2D eigenvalue weighted by atomic mass is 9.96. The van der Waals surface area contributed by atoms with Crippen LogP contribution >= 0.6 is 0 Å². The molecule has 0 aliphatic carbocycles. The predicted molar refractivity (Wildman–Crippen MR) is 98.8 cm³/mol. The molecule has 0 spiro atoms. The second-order valence-electron chi connectivity index (χ2n) is 6.69. The molecule has 1 unspecified atom stereocenters. The Labute approximate surface area is 139 Å². The van der Waals surface area contributed by atoms with Crippen LogP contribution in [0.4, 0.5) is 0 Å². The number of aliphatic hydroxyl groups excluding tert-OH is 1. The van der Waals surface area contributed by atoms with Crippen LogP contribution in [0.25, 0.3) is 0 Å². The van der Waals surface area contributed by atoms with Crippen molar-refractivity contribution in [1.29, 1.82) is 0 Å². The summed E-state index contributed by atoms with van der Waals surface area (Å²) in [5, 5.41) is 9.16. The molecule has 0 aromatic heterocycles. The number of hydrogen-bond acceptors (Lipinski definition) is 1. The largest absolute Gasteiger partial charge is 0.377 e. The highest BCUT2D eigenvalue weighted by Gasteiger charge is 2.01. The fraction of sp³-hybridized carbons (Fsp3) is 0.810. The molecule has 0 saturated carbocycles. The minimum Gasteiger partial charge on any atom is -0.377 e. The Morgan fingerprint density at radius 3 is 2.05 bits per heavy atom. The maximum absolute atomic E-state index is 9.16. The Kier molecular flexibility index (Phi) is 16.1. The molecule has 1 heteroatoms. The quantitative estimate of drug-likeness (QED) is 0.215. The Morgan fingerprint density at radius 2 is 1.45 bits per heavy atom. The van der Waals surface area contributed by atoms with E-state index in [1.165, 1.54) is 77.0 Å². The van der Waals surface area contributed by atoms with Gasteiger partial charge in [-0.2, -0.15) is 0 Å². The average molecular weight is 307 g/mol. The lowest BCUT2D eigenvalue weighted by molar-refractivity contribution is 0.280. The van der Waals surface area contributed by atoms with Crippen LogP contribution in [0.2, 0.25) is 0 Å². The lowest BCUT2D eigenvalue weighted by Crippen LogP contribution is -1.95. The van der Waals surface area contributed by atoms with Crippen LogP contribution in [-0.4, -0.2) is 11.2 Å². The summed E-state index contributed by atoms with van der Waals surface area (Å²) in [5.41, 5.74) is 0. The predicted octanol–water partition coefficient (Wildman–Crippen LogP) is 6.26. The molecule has 0 amide bonds. The van der Waals surface area contributed by atoms with Crippen molar-refractivity contribution in [2.75, 3.05) is 0 Å². The van der Waals surface area contributed by atoms with Gasteiger partial charge in [0, 0.05) is 0 Å². The van der Waals surface area contributed by atoms with Crippen molar-refractivity contribution < 1.29 is 5.11 Å². The van der Waals surface area contributed by atoms with Gasteiger partial charge in [0.05, 0.1) is 0 Å². The molecule has 1 nitrogen and oxygen atoms in total. The first-order valence-electron chi connectivity index (χ1n) is 9.51. The van der Waals surface area contributed by atoms with Crippen molar-refractivity contribution in [3.05, 3.63) is 12.2 Å². The van der Waals surface area contributed by atoms with Gasteiger partial charge in [0.2, 0.25) is 0 Å². The van der Waals surface area contributed by atoms with Crippen molar-refractivity contribution >= 4 is 0 Å². The van der Waals surface area contributed by atoms with Gasteiger partial charge in [-0.1, -0.05) is 96.5 Å². The molecule has 0 aromatic rings. The normalized spacial score (nSPS) is 14.1. The van der Waals surface area contributed by atoms with Crippen molar-refractivity contribution in [3.63, 3.8) is 0 Å². The molecule has 0 aliphatic heterocycles. The third kappa shape index (κ3) is 15.6. The van der Waals surface area contributed by atoms with E-state index in [9.17, 15) is 0 Å². The average Bonchev–Trinajstić information content (AvgIpc) is 2.53.